The molecular weight excluding hydrogens is 376 g/mol. The molecule has 0 aliphatic carbocycles. The molecule has 1 N–H and O–H groups in total. The van der Waals surface area contributed by atoms with Crippen molar-refractivity contribution >= 4 is 17.4 Å². The molecule has 6 nitrogen and oxygen atoms in total. The average Bonchev–Trinajstić information content (AvgIpc) is 2.70. The van der Waals surface area contributed by atoms with Crippen molar-refractivity contribution in [2.45, 2.75) is 6.54 Å². The topological polar surface area (TPSA) is 61.3 Å². The summed E-state index contributed by atoms with van der Waals surface area (Å²) in [5, 5.41) is 0.554. The number of aromatic nitrogens is 2. The van der Waals surface area contributed by atoms with Gasteiger partial charge in [-0.15, -0.1) is 0 Å². The van der Waals surface area contributed by atoms with E-state index in [0.717, 1.165) is 37.3 Å². The minimum atomic E-state index is -0.448. The fraction of sp³-hybridized carbons (Fsp3) is 0.238. The summed E-state index contributed by atoms with van der Waals surface area (Å²) in [6.07, 6.45) is 0. The molecule has 2 aromatic carbocycles. The number of hydrogen-bond acceptors (Lipinski definition) is 4. The number of nitrogens with zero attached hydrogens (tertiary/aromatic N) is 3. The maximum Gasteiger partial charge on any atom is 0.334 e. The first-order valence-corrected chi connectivity index (χ1v) is 9.61. The Morgan fingerprint density at radius 2 is 1.57 bits per heavy atom. The zero-order chi connectivity index (χ0) is 19.5. The molecule has 0 saturated carbocycles. The first-order chi connectivity index (χ1) is 13.6. The first-order valence-electron chi connectivity index (χ1n) is 9.24. The Kier molecular flexibility index (Phi) is 5.32. The summed E-state index contributed by atoms with van der Waals surface area (Å²) in [6, 6.07) is 18.5. The Morgan fingerprint density at radius 3 is 2.21 bits per heavy atom. The van der Waals surface area contributed by atoms with Gasteiger partial charge in [-0.25, -0.2) is 9.36 Å². The molecule has 0 bridgehead atoms. The van der Waals surface area contributed by atoms with Gasteiger partial charge in [-0.05, 0) is 29.8 Å². The van der Waals surface area contributed by atoms with Crippen LogP contribution in [0.3, 0.4) is 0 Å². The fourth-order valence-corrected chi connectivity index (χ4v) is 3.60. The van der Waals surface area contributed by atoms with Crippen LogP contribution in [-0.4, -0.2) is 40.6 Å². The molecule has 1 aromatic heterocycles. The van der Waals surface area contributed by atoms with Crippen molar-refractivity contribution in [3.05, 3.63) is 92.1 Å². The van der Waals surface area contributed by atoms with Gasteiger partial charge in [0.1, 0.15) is 5.82 Å². The molecule has 28 heavy (non-hydrogen) atoms. The van der Waals surface area contributed by atoms with E-state index >= 15 is 0 Å². The van der Waals surface area contributed by atoms with Gasteiger partial charge in [0, 0.05) is 43.8 Å². The molecule has 1 fully saturated rings. The van der Waals surface area contributed by atoms with E-state index in [1.807, 2.05) is 18.2 Å². The lowest BCUT2D eigenvalue weighted by molar-refractivity contribution is 0.249. The molecule has 0 atom stereocenters. The minimum absolute atomic E-state index is 0.354. The lowest BCUT2D eigenvalue weighted by atomic mass is 10.2. The Hall–Kier alpha value is -2.83. The maximum atomic E-state index is 12.6. The van der Waals surface area contributed by atoms with Gasteiger partial charge >= 0.3 is 5.69 Å². The van der Waals surface area contributed by atoms with Gasteiger partial charge in [0.05, 0.1) is 5.69 Å². The molecule has 1 saturated heterocycles. The predicted octanol–water partition coefficient (Wildman–Crippen LogP) is 2.50. The summed E-state index contributed by atoms with van der Waals surface area (Å²) in [5.41, 5.74) is 0.981. The van der Waals surface area contributed by atoms with Gasteiger partial charge < -0.3 is 4.90 Å². The van der Waals surface area contributed by atoms with Crippen molar-refractivity contribution in [2.24, 2.45) is 0 Å². The molecule has 144 valence electrons. The van der Waals surface area contributed by atoms with E-state index in [9.17, 15) is 9.59 Å². The number of benzene rings is 2. The molecule has 4 rings (SSSR count). The zero-order valence-corrected chi connectivity index (χ0v) is 16.1. The second-order valence-corrected chi connectivity index (χ2v) is 7.30. The van der Waals surface area contributed by atoms with Crippen molar-refractivity contribution in [1.29, 1.82) is 0 Å². The highest BCUT2D eigenvalue weighted by atomic mass is 35.5. The summed E-state index contributed by atoms with van der Waals surface area (Å²) in [6.45, 7) is 4.16. The van der Waals surface area contributed by atoms with Crippen LogP contribution in [-0.2, 0) is 6.54 Å². The van der Waals surface area contributed by atoms with Crippen molar-refractivity contribution in [3.63, 3.8) is 0 Å². The SMILES string of the molecule is O=c1cc(N2CCN(Cc3ccccc3)CC2)[nH]c(=O)n1-c1ccc(Cl)cc1. The van der Waals surface area contributed by atoms with Crippen molar-refractivity contribution < 1.29 is 0 Å². The molecule has 0 radical (unpaired) electrons. The minimum Gasteiger partial charge on any atom is -0.355 e. The smallest absolute Gasteiger partial charge is 0.334 e. The zero-order valence-electron chi connectivity index (χ0n) is 15.3. The molecule has 1 aliphatic heterocycles. The fourth-order valence-electron chi connectivity index (χ4n) is 3.48. The number of piperazine rings is 1. The lowest BCUT2D eigenvalue weighted by Gasteiger charge is -2.35. The van der Waals surface area contributed by atoms with Crippen LogP contribution in [0.4, 0.5) is 5.82 Å². The van der Waals surface area contributed by atoms with Crippen LogP contribution < -0.4 is 16.1 Å². The molecule has 1 aliphatic rings. The van der Waals surface area contributed by atoms with Crippen molar-refractivity contribution in [1.82, 2.24) is 14.5 Å². The van der Waals surface area contributed by atoms with E-state index in [2.05, 4.69) is 26.9 Å². The highest BCUT2D eigenvalue weighted by molar-refractivity contribution is 6.30. The number of hydrogen-bond donors (Lipinski definition) is 1. The average molecular weight is 397 g/mol. The summed E-state index contributed by atoms with van der Waals surface area (Å²) in [7, 11) is 0. The number of anilines is 1. The van der Waals surface area contributed by atoms with Gasteiger partial charge in [0.2, 0.25) is 0 Å². The van der Waals surface area contributed by atoms with Crippen LogP contribution in [0.5, 0.6) is 0 Å². The van der Waals surface area contributed by atoms with Gasteiger partial charge in [0.25, 0.3) is 5.56 Å². The Morgan fingerprint density at radius 1 is 0.893 bits per heavy atom. The summed E-state index contributed by atoms with van der Waals surface area (Å²) in [4.78, 5) is 32.4. The highest BCUT2D eigenvalue weighted by Crippen LogP contribution is 2.14. The lowest BCUT2D eigenvalue weighted by Crippen LogP contribution is -2.47. The van der Waals surface area contributed by atoms with Crippen LogP contribution in [0.15, 0.2) is 70.3 Å². The largest absolute Gasteiger partial charge is 0.355 e. The molecule has 0 spiro atoms. The highest BCUT2D eigenvalue weighted by Gasteiger charge is 2.19. The van der Waals surface area contributed by atoms with Crippen molar-refractivity contribution in [3.8, 4) is 5.69 Å². The third kappa shape index (κ3) is 4.03. The second kappa shape index (κ2) is 8.04. The summed E-state index contributed by atoms with van der Waals surface area (Å²) >= 11 is 5.88. The van der Waals surface area contributed by atoms with Gasteiger partial charge in [-0.2, -0.15) is 0 Å². The molecule has 0 amide bonds. The van der Waals surface area contributed by atoms with E-state index in [4.69, 9.17) is 11.6 Å². The maximum absolute atomic E-state index is 12.6. The van der Waals surface area contributed by atoms with Gasteiger partial charge in [0.15, 0.2) is 0 Å². The van der Waals surface area contributed by atoms with E-state index in [-0.39, 0.29) is 5.56 Å². The number of aromatic amines is 1. The molecule has 0 unspecified atom stereocenters. The normalized spacial score (nSPS) is 15.0. The van der Waals surface area contributed by atoms with Gasteiger partial charge in [-0.1, -0.05) is 41.9 Å². The predicted molar refractivity (Wildman–Crippen MR) is 112 cm³/mol. The molecule has 2 heterocycles. The van der Waals surface area contributed by atoms with E-state index < -0.39 is 5.69 Å². The Labute approximate surface area is 167 Å². The third-order valence-electron chi connectivity index (χ3n) is 4.97. The van der Waals surface area contributed by atoms with E-state index in [0.29, 0.717) is 16.5 Å². The first kappa shape index (κ1) is 18.5. The van der Waals surface area contributed by atoms with Gasteiger partial charge in [-0.3, -0.25) is 14.7 Å². The second-order valence-electron chi connectivity index (χ2n) is 6.86. The Balaban J connectivity index is 1.48. The number of H-pyrrole nitrogens is 1. The quantitative estimate of drug-likeness (QED) is 0.736. The van der Waals surface area contributed by atoms with Crippen LogP contribution in [0, 0.1) is 0 Å². The van der Waals surface area contributed by atoms with Crippen LogP contribution in [0.25, 0.3) is 5.69 Å². The Bertz CT molecular complexity index is 1020. The molecule has 3 aromatic rings. The summed E-state index contributed by atoms with van der Waals surface area (Å²) in [5.74, 6) is 0.569. The van der Waals surface area contributed by atoms with Crippen molar-refractivity contribution in [2.75, 3.05) is 31.1 Å². The third-order valence-corrected chi connectivity index (χ3v) is 5.22. The number of halogens is 1. The number of nitrogens with one attached hydrogen (secondary N) is 1. The van der Waals surface area contributed by atoms with Crippen LogP contribution >= 0.6 is 11.6 Å². The molecular formula is C21H21ClN4O2. The van der Waals surface area contributed by atoms with E-state index in [1.54, 1.807) is 24.3 Å². The monoisotopic (exact) mass is 396 g/mol. The van der Waals surface area contributed by atoms with Crippen LogP contribution in [0.1, 0.15) is 5.56 Å². The standard InChI is InChI=1S/C21H21ClN4O2/c22-17-6-8-18(9-7-17)26-20(27)14-19(23-21(26)28)25-12-10-24(11-13-25)15-16-4-2-1-3-5-16/h1-9,14H,10-13,15H2,(H,23,28). The number of rotatable bonds is 4. The summed E-state index contributed by atoms with van der Waals surface area (Å²) < 4.78 is 1.12. The van der Waals surface area contributed by atoms with Crippen LogP contribution in [0.2, 0.25) is 5.02 Å². The molecule has 7 heteroatoms. The van der Waals surface area contributed by atoms with E-state index in [1.165, 1.54) is 11.6 Å².